The van der Waals surface area contributed by atoms with E-state index in [1.54, 1.807) is 12.5 Å². The average molecular weight is 575 g/mol. The number of fused-ring (bicyclic) bond motifs is 1. The van der Waals surface area contributed by atoms with Crippen LogP contribution in [-0.2, 0) is 29.7 Å². The second kappa shape index (κ2) is 12.1. The van der Waals surface area contributed by atoms with Gasteiger partial charge in [-0.2, -0.15) is 10.1 Å². The number of pyridine rings is 1. The lowest BCUT2D eigenvalue weighted by Crippen LogP contribution is -2.38. The summed E-state index contributed by atoms with van der Waals surface area (Å²) in [5.74, 6) is 1.40. The number of hydrogen-bond donors (Lipinski definition) is 0. The zero-order valence-electron chi connectivity index (χ0n) is 24.1. The van der Waals surface area contributed by atoms with Gasteiger partial charge in [0, 0.05) is 43.2 Å². The first-order valence-corrected chi connectivity index (χ1v) is 14.7. The Morgan fingerprint density at radius 3 is 2.16 bits per heavy atom. The molecule has 1 fully saturated rings. The van der Waals surface area contributed by atoms with E-state index in [0.717, 1.165) is 59.2 Å². The van der Waals surface area contributed by atoms with Crippen molar-refractivity contribution in [2.45, 2.75) is 32.3 Å². The summed E-state index contributed by atoms with van der Waals surface area (Å²) >= 11 is 0. The lowest BCUT2D eigenvalue weighted by molar-refractivity contribution is -0.0728. The molecule has 2 aromatic heterocycles. The SMILES string of the molecule is Cn1nc(-c2ccc(OCc3ccccc3)nc2OCc2ccccc2)c2ccc(N3CCC(C4OC=CO4)CC3)cc21. The molecule has 7 rings (SSSR count). The largest absolute Gasteiger partial charge is 0.473 e. The summed E-state index contributed by atoms with van der Waals surface area (Å²) in [5, 5.41) is 5.99. The summed E-state index contributed by atoms with van der Waals surface area (Å²) in [5.41, 5.74) is 6.04. The molecule has 4 heterocycles. The van der Waals surface area contributed by atoms with E-state index >= 15 is 0 Å². The third kappa shape index (κ3) is 5.86. The molecule has 0 atom stereocenters. The molecule has 0 N–H and O–H groups in total. The summed E-state index contributed by atoms with van der Waals surface area (Å²) in [6, 6.07) is 30.6. The summed E-state index contributed by atoms with van der Waals surface area (Å²) in [4.78, 5) is 7.23. The zero-order chi connectivity index (χ0) is 29.0. The van der Waals surface area contributed by atoms with Crippen molar-refractivity contribution in [2.24, 2.45) is 13.0 Å². The van der Waals surface area contributed by atoms with Crippen molar-refractivity contribution in [3.8, 4) is 23.0 Å². The number of nitrogens with zero attached hydrogens (tertiary/aromatic N) is 4. The van der Waals surface area contributed by atoms with Crippen LogP contribution in [0.4, 0.5) is 5.69 Å². The maximum Gasteiger partial charge on any atom is 0.242 e. The molecule has 0 amide bonds. The molecule has 0 unspecified atom stereocenters. The van der Waals surface area contributed by atoms with Crippen LogP contribution in [0.5, 0.6) is 11.8 Å². The number of rotatable bonds is 9. The molecule has 0 bridgehead atoms. The fraction of sp³-hybridized carbons (Fsp3) is 0.257. The Bertz CT molecular complexity index is 1700. The predicted molar refractivity (Wildman–Crippen MR) is 166 cm³/mol. The first kappa shape index (κ1) is 26.9. The van der Waals surface area contributed by atoms with Gasteiger partial charge in [0.1, 0.15) is 31.4 Å². The second-order valence-corrected chi connectivity index (χ2v) is 11.0. The molecule has 0 radical (unpaired) electrons. The Labute approximate surface area is 251 Å². The van der Waals surface area contributed by atoms with Crippen LogP contribution in [0.1, 0.15) is 24.0 Å². The second-order valence-electron chi connectivity index (χ2n) is 11.0. The zero-order valence-corrected chi connectivity index (χ0v) is 24.1. The highest BCUT2D eigenvalue weighted by Crippen LogP contribution is 2.37. The highest BCUT2D eigenvalue weighted by molar-refractivity contribution is 5.96. The van der Waals surface area contributed by atoms with Gasteiger partial charge in [-0.3, -0.25) is 4.68 Å². The number of aromatic nitrogens is 3. The van der Waals surface area contributed by atoms with Crippen LogP contribution in [0, 0.1) is 5.92 Å². The molecular formula is C35H34N4O4. The first-order valence-electron chi connectivity index (χ1n) is 14.7. The van der Waals surface area contributed by atoms with Gasteiger partial charge in [-0.1, -0.05) is 60.7 Å². The number of anilines is 1. The van der Waals surface area contributed by atoms with Crippen molar-refractivity contribution in [2.75, 3.05) is 18.0 Å². The number of aryl methyl sites for hydroxylation is 1. The predicted octanol–water partition coefficient (Wildman–Crippen LogP) is 6.85. The van der Waals surface area contributed by atoms with Crippen molar-refractivity contribution in [3.05, 3.63) is 115 Å². The third-order valence-electron chi connectivity index (χ3n) is 8.14. The van der Waals surface area contributed by atoms with E-state index in [0.29, 0.717) is 30.9 Å². The Hall–Kier alpha value is -4.98. The van der Waals surface area contributed by atoms with Gasteiger partial charge in [-0.05, 0) is 48.2 Å². The minimum absolute atomic E-state index is 0.147. The Morgan fingerprint density at radius 2 is 1.47 bits per heavy atom. The summed E-state index contributed by atoms with van der Waals surface area (Å²) in [6.07, 6.45) is 5.18. The van der Waals surface area contributed by atoms with E-state index < -0.39 is 0 Å². The van der Waals surface area contributed by atoms with Crippen molar-refractivity contribution in [3.63, 3.8) is 0 Å². The molecule has 8 nitrogen and oxygen atoms in total. The first-order chi connectivity index (χ1) is 21.2. The smallest absolute Gasteiger partial charge is 0.242 e. The van der Waals surface area contributed by atoms with Gasteiger partial charge in [0.2, 0.25) is 18.1 Å². The third-order valence-corrected chi connectivity index (χ3v) is 8.14. The van der Waals surface area contributed by atoms with Crippen molar-refractivity contribution in [1.29, 1.82) is 0 Å². The quantitative estimate of drug-likeness (QED) is 0.191. The summed E-state index contributed by atoms with van der Waals surface area (Å²) in [7, 11) is 1.99. The van der Waals surface area contributed by atoms with Gasteiger partial charge in [0.25, 0.3) is 0 Å². The van der Waals surface area contributed by atoms with Crippen LogP contribution in [0.2, 0.25) is 0 Å². The van der Waals surface area contributed by atoms with E-state index in [1.807, 2.05) is 84.5 Å². The van der Waals surface area contributed by atoms with E-state index in [-0.39, 0.29) is 6.29 Å². The van der Waals surface area contributed by atoms with Crippen LogP contribution in [-0.4, -0.2) is 34.1 Å². The van der Waals surface area contributed by atoms with Crippen LogP contribution in [0.25, 0.3) is 22.2 Å². The van der Waals surface area contributed by atoms with Gasteiger partial charge in [0.05, 0.1) is 11.1 Å². The fourth-order valence-corrected chi connectivity index (χ4v) is 5.80. The Kier molecular flexibility index (Phi) is 7.56. The molecule has 2 aliphatic heterocycles. The van der Waals surface area contributed by atoms with E-state index in [1.165, 1.54) is 5.69 Å². The summed E-state index contributed by atoms with van der Waals surface area (Å²) in [6.45, 7) is 2.72. The number of ether oxygens (including phenoxy) is 4. The topological polar surface area (TPSA) is 70.9 Å². The molecule has 5 aromatic rings. The lowest BCUT2D eigenvalue weighted by Gasteiger charge is -2.35. The van der Waals surface area contributed by atoms with Gasteiger partial charge < -0.3 is 23.8 Å². The normalized spacial score (nSPS) is 15.4. The minimum atomic E-state index is -0.147. The van der Waals surface area contributed by atoms with E-state index in [2.05, 4.69) is 23.1 Å². The maximum atomic E-state index is 6.33. The van der Waals surface area contributed by atoms with Gasteiger partial charge in [-0.15, -0.1) is 0 Å². The molecule has 43 heavy (non-hydrogen) atoms. The van der Waals surface area contributed by atoms with Gasteiger partial charge in [0.15, 0.2) is 0 Å². The number of benzene rings is 3. The van der Waals surface area contributed by atoms with Crippen LogP contribution < -0.4 is 14.4 Å². The van der Waals surface area contributed by atoms with Crippen molar-refractivity contribution in [1.82, 2.24) is 14.8 Å². The molecule has 218 valence electrons. The van der Waals surface area contributed by atoms with Crippen LogP contribution in [0.3, 0.4) is 0 Å². The highest BCUT2D eigenvalue weighted by atomic mass is 16.7. The molecule has 8 heteroatoms. The molecule has 0 spiro atoms. The average Bonchev–Trinajstić information content (AvgIpc) is 3.72. The monoisotopic (exact) mass is 574 g/mol. The van der Waals surface area contributed by atoms with Crippen molar-refractivity contribution >= 4 is 16.6 Å². The number of piperidine rings is 1. The maximum absolute atomic E-state index is 6.33. The van der Waals surface area contributed by atoms with Crippen molar-refractivity contribution < 1.29 is 18.9 Å². The molecule has 2 aliphatic rings. The molecule has 1 saturated heterocycles. The number of hydrogen-bond acceptors (Lipinski definition) is 7. The molecule has 0 aliphatic carbocycles. The van der Waals surface area contributed by atoms with Crippen LogP contribution in [0.15, 0.2) is 104 Å². The fourth-order valence-electron chi connectivity index (χ4n) is 5.80. The Balaban J connectivity index is 1.15. The summed E-state index contributed by atoms with van der Waals surface area (Å²) < 4.78 is 25.5. The standard InChI is InChI=1S/C35H34N4O4/c1-38-31-22-28(39-18-16-27(17-19-39)35-40-20-21-41-35)12-13-29(31)33(37-38)30-14-15-32(42-23-25-8-4-2-5-9-25)36-34(30)43-24-26-10-6-3-7-11-26/h2-15,20-22,27,35H,16-19,23-24H2,1H3. The highest BCUT2D eigenvalue weighted by Gasteiger charge is 2.30. The van der Waals surface area contributed by atoms with Gasteiger partial charge in [-0.25, -0.2) is 0 Å². The van der Waals surface area contributed by atoms with Crippen LogP contribution >= 0.6 is 0 Å². The molecule has 0 saturated carbocycles. The van der Waals surface area contributed by atoms with Gasteiger partial charge >= 0.3 is 0 Å². The minimum Gasteiger partial charge on any atom is -0.473 e. The van der Waals surface area contributed by atoms with E-state index in [4.69, 9.17) is 29.0 Å². The lowest BCUT2D eigenvalue weighted by atomic mass is 9.95. The molecular weight excluding hydrogens is 540 g/mol. The van der Waals surface area contributed by atoms with E-state index in [9.17, 15) is 0 Å². The Morgan fingerprint density at radius 1 is 0.791 bits per heavy atom. The molecule has 3 aromatic carbocycles.